The van der Waals surface area contributed by atoms with Crippen LogP contribution in [-0.4, -0.2) is 9.97 Å². The Labute approximate surface area is 88.0 Å². The number of aromatic nitrogens is 2. The summed E-state index contributed by atoms with van der Waals surface area (Å²) in [6, 6.07) is 7.62. The number of hydrogen-bond donors (Lipinski definition) is 2. The van der Waals surface area contributed by atoms with Crippen LogP contribution in [-0.2, 0) is 0 Å². The molecule has 4 nitrogen and oxygen atoms in total. The van der Waals surface area contributed by atoms with E-state index in [9.17, 15) is 0 Å². The summed E-state index contributed by atoms with van der Waals surface area (Å²) in [6.07, 6.45) is 1.70. The second kappa shape index (κ2) is 3.57. The van der Waals surface area contributed by atoms with Gasteiger partial charge in [0.25, 0.3) is 0 Å². The molecule has 1 heterocycles. The Morgan fingerprint density at radius 2 is 1.80 bits per heavy atom. The molecule has 0 bridgehead atoms. The minimum atomic E-state index is 0.283. The van der Waals surface area contributed by atoms with Gasteiger partial charge in [0.1, 0.15) is 0 Å². The van der Waals surface area contributed by atoms with E-state index in [2.05, 4.69) is 9.97 Å². The summed E-state index contributed by atoms with van der Waals surface area (Å²) in [5, 5.41) is 0. The van der Waals surface area contributed by atoms with Gasteiger partial charge in [0.2, 0.25) is 5.95 Å². The van der Waals surface area contributed by atoms with Gasteiger partial charge < -0.3 is 11.5 Å². The average Bonchev–Trinajstić information content (AvgIpc) is 2.20. The maximum Gasteiger partial charge on any atom is 0.220 e. The highest BCUT2D eigenvalue weighted by molar-refractivity contribution is 5.77. The minimum absolute atomic E-state index is 0.283. The van der Waals surface area contributed by atoms with Crippen molar-refractivity contribution in [2.24, 2.45) is 0 Å². The summed E-state index contributed by atoms with van der Waals surface area (Å²) < 4.78 is 0. The third-order valence-corrected chi connectivity index (χ3v) is 2.25. The van der Waals surface area contributed by atoms with E-state index in [1.54, 1.807) is 6.20 Å². The highest BCUT2D eigenvalue weighted by Crippen LogP contribution is 2.26. The summed E-state index contributed by atoms with van der Waals surface area (Å²) >= 11 is 0. The summed E-state index contributed by atoms with van der Waals surface area (Å²) in [4.78, 5) is 8.07. The molecule has 2 aromatic rings. The van der Waals surface area contributed by atoms with Crippen molar-refractivity contribution in [3.05, 3.63) is 36.2 Å². The van der Waals surface area contributed by atoms with Gasteiger partial charge in [-0.25, -0.2) is 9.97 Å². The first kappa shape index (κ1) is 9.45. The third-order valence-electron chi connectivity index (χ3n) is 2.25. The molecule has 0 atom stereocenters. The van der Waals surface area contributed by atoms with E-state index in [4.69, 9.17) is 11.5 Å². The van der Waals surface area contributed by atoms with Crippen LogP contribution in [0.15, 0.2) is 30.5 Å². The van der Waals surface area contributed by atoms with Gasteiger partial charge >= 0.3 is 0 Å². The van der Waals surface area contributed by atoms with Gasteiger partial charge in [-0.3, -0.25) is 0 Å². The largest absolute Gasteiger partial charge is 0.398 e. The Morgan fingerprint density at radius 1 is 1.07 bits per heavy atom. The number of rotatable bonds is 1. The van der Waals surface area contributed by atoms with Gasteiger partial charge in [0, 0.05) is 23.0 Å². The molecule has 1 aromatic carbocycles. The van der Waals surface area contributed by atoms with Crippen LogP contribution in [0.5, 0.6) is 0 Å². The lowest BCUT2D eigenvalue weighted by Crippen LogP contribution is -1.99. The van der Waals surface area contributed by atoms with Gasteiger partial charge in [-0.05, 0) is 13.0 Å². The lowest BCUT2D eigenvalue weighted by atomic mass is 10.0. The molecule has 2 rings (SSSR count). The van der Waals surface area contributed by atoms with E-state index in [0.29, 0.717) is 5.69 Å². The predicted molar refractivity (Wildman–Crippen MR) is 61.0 cm³/mol. The smallest absolute Gasteiger partial charge is 0.220 e. The fourth-order valence-electron chi connectivity index (χ4n) is 1.49. The summed E-state index contributed by atoms with van der Waals surface area (Å²) in [6.45, 7) is 1.89. The second-order valence-corrected chi connectivity index (χ2v) is 3.31. The van der Waals surface area contributed by atoms with Gasteiger partial charge in [-0.1, -0.05) is 18.2 Å². The number of nitrogens with zero attached hydrogens (tertiary/aromatic N) is 2. The molecular formula is C11H12N4. The molecule has 0 radical (unpaired) electrons. The molecule has 0 aliphatic rings. The summed E-state index contributed by atoms with van der Waals surface area (Å²) in [7, 11) is 0. The first-order valence-corrected chi connectivity index (χ1v) is 4.62. The molecule has 0 saturated heterocycles. The zero-order chi connectivity index (χ0) is 10.8. The van der Waals surface area contributed by atoms with Crippen molar-refractivity contribution in [2.75, 3.05) is 11.5 Å². The molecule has 1 aromatic heterocycles. The van der Waals surface area contributed by atoms with Gasteiger partial charge in [-0.15, -0.1) is 0 Å². The minimum Gasteiger partial charge on any atom is -0.398 e. The molecule has 0 amide bonds. The molecule has 0 spiro atoms. The molecule has 4 heteroatoms. The number of aryl methyl sites for hydroxylation is 1. The van der Waals surface area contributed by atoms with Crippen molar-refractivity contribution in [3.63, 3.8) is 0 Å². The van der Waals surface area contributed by atoms with Crippen LogP contribution in [0.3, 0.4) is 0 Å². The maximum absolute atomic E-state index is 5.87. The lowest BCUT2D eigenvalue weighted by molar-refractivity contribution is 1.12. The van der Waals surface area contributed by atoms with Crippen LogP contribution in [0, 0.1) is 6.92 Å². The number of nitrogen functional groups attached to an aromatic ring is 2. The first-order valence-electron chi connectivity index (χ1n) is 4.62. The standard InChI is InChI=1S/C11H12N4/c1-7-9(6-14-11(13)15-7)8-4-2-3-5-10(8)12/h2-6H,12H2,1H3,(H2,13,14,15). The maximum atomic E-state index is 5.87. The van der Waals surface area contributed by atoms with Gasteiger partial charge in [-0.2, -0.15) is 0 Å². The zero-order valence-electron chi connectivity index (χ0n) is 8.44. The second-order valence-electron chi connectivity index (χ2n) is 3.31. The van der Waals surface area contributed by atoms with Gasteiger partial charge in [0.15, 0.2) is 0 Å². The van der Waals surface area contributed by atoms with Crippen molar-refractivity contribution in [2.45, 2.75) is 6.92 Å². The molecule has 4 N–H and O–H groups in total. The number of nitrogens with two attached hydrogens (primary N) is 2. The SMILES string of the molecule is Cc1nc(N)ncc1-c1ccccc1N. The van der Waals surface area contributed by atoms with Gasteiger partial charge in [0.05, 0.1) is 5.69 Å². The molecule has 0 saturated carbocycles. The van der Waals surface area contributed by atoms with Crippen molar-refractivity contribution < 1.29 is 0 Å². The van der Waals surface area contributed by atoms with E-state index in [-0.39, 0.29) is 5.95 Å². The Morgan fingerprint density at radius 3 is 2.47 bits per heavy atom. The van der Waals surface area contributed by atoms with Crippen LogP contribution in [0.4, 0.5) is 11.6 Å². The Balaban J connectivity index is 2.60. The van der Waals surface area contributed by atoms with E-state index in [0.717, 1.165) is 16.8 Å². The van der Waals surface area contributed by atoms with Crippen molar-refractivity contribution in [3.8, 4) is 11.1 Å². The normalized spacial score (nSPS) is 10.2. The van der Waals surface area contributed by atoms with E-state index >= 15 is 0 Å². The number of hydrogen-bond acceptors (Lipinski definition) is 4. The Hall–Kier alpha value is -2.10. The van der Waals surface area contributed by atoms with Crippen LogP contribution in [0.1, 0.15) is 5.69 Å². The topological polar surface area (TPSA) is 77.8 Å². The molecule has 76 valence electrons. The van der Waals surface area contributed by atoms with Crippen molar-refractivity contribution >= 4 is 11.6 Å². The highest BCUT2D eigenvalue weighted by Gasteiger charge is 2.06. The van der Waals surface area contributed by atoms with Crippen LogP contribution in [0.2, 0.25) is 0 Å². The summed E-state index contributed by atoms with van der Waals surface area (Å²) in [5.41, 5.74) is 14.8. The molecule has 15 heavy (non-hydrogen) atoms. The van der Waals surface area contributed by atoms with Crippen LogP contribution in [0.25, 0.3) is 11.1 Å². The summed E-state index contributed by atoms with van der Waals surface area (Å²) in [5.74, 6) is 0.283. The number of anilines is 2. The number of benzene rings is 1. The molecule has 0 fully saturated rings. The van der Waals surface area contributed by atoms with Crippen LogP contribution < -0.4 is 11.5 Å². The van der Waals surface area contributed by atoms with Crippen molar-refractivity contribution in [1.29, 1.82) is 0 Å². The molecule has 0 aliphatic heterocycles. The average molecular weight is 200 g/mol. The quantitative estimate of drug-likeness (QED) is 0.685. The van der Waals surface area contributed by atoms with Crippen LogP contribution >= 0.6 is 0 Å². The van der Waals surface area contributed by atoms with Crippen molar-refractivity contribution in [1.82, 2.24) is 9.97 Å². The van der Waals surface area contributed by atoms with E-state index in [1.807, 2.05) is 31.2 Å². The fraction of sp³-hybridized carbons (Fsp3) is 0.0909. The molecule has 0 unspecified atom stereocenters. The Kier molecular flexibility index (Phi) is 2.25. The lowest BCUT2D eigenvalue weighted by Gasteiger charge is -2.07. The molecular weight excluding hydrogens is 188 g/mol. The zero-order valence-corrected chi connectivity index (χ0v) is 8.44. The van der Waals surface area contributed by atoms with E-state index in [1.165, 1.54) is 0 Å². The Bertz CT molecular complexity index is 494. The molecule has 0 aliphatic carbocycles. The number of para-hydroxylation sites is 1. The first-order chi connectivity index (χ1) is 7.18. The fourth-order valence-corrected chi connectivity index (χ4v) is 1.49. The highest BCUT2D eigenvalue weighted by atomic mass is 15.0. The predicted octanol–water partition coefficient (Wildman–Crippen LogP) is 1.62. The van der Waals surface area contributed by atoms with E-state index < -0.39 is 0 Å². The monoisotopic (exact) mass is 200 g/mol. The third kappa shape index (κ3) is 1.74.